The van der Waals surface area contributed by atoms with E-state index < -0.39 is 6.43 Å². The van der Waals surface area contributed by atoms with Crippen molar-refractivity contribution in [2.75, 3.05) is 0 Å². The standard InChI is InChI=1S/C8H4BrClF2N2/c9-1-5-6(10)4(2-13)3-14-7(5)8(11)12/h3,8H,1H2. The van der Waals surface area contributed by atoms with Crippen LogP contribution in [-0.2, 0) is 5.33 Å². The topological polar surface area (TPSA) is 36.7 Å². The minimum Gasteiger partial charge on any atom is -0.253 e. The third-order valence-corrected chi connectivity index (χ3v) is 2.60. The van der Waals surface area contributed by atoms with E-state index in [1.165, 1.54) is 0 Å². The van der Waals surface area contributed by atoms with E-state index in [-0.39, 0.29) is 27.2 Å². The Labute approximate surface area is 92.6 Å². The van der Waals surface area contributed by atoms with Gasteiger partial charge in [-0.05, 0) is 0 Å². The highest BCUT2D eigenvalue weighted by atomic mass is 79.9. The van der Waals surface area contributed by atoms with E-state index in [9.17, 15) is 8.78 Å². The monoisotopic (exact) mass is 280 g/mol. The van der Waals surface area contributed by atoms with Gasteiger partial charge in [-0.2, -0.15) is 5.26 Å². The van der Waals surface area contributed by atoms with Crippen LogP contribution in [-0.4, -0.2) is 4.98 Å². The molecule has 0 aliphatic carbocycles. The summed E-state index contributed by atoms with van der Waals surface area (Å²) in [7, 11) is 0. The number of hydrogen-bond acceptors (Lipinski definition) is 2. The van der Waals surface area contributed by atoms with Crippen LogP contribution in [0.5, 0.6) is 0 Å². The molecule has 0 saturated heterocycles. The highest BCUT2D eigenvalue weighted by molar-refractivity contribution is 9.08. The van der Waals surface area contributed by atoms with Crippen molar-refractivity contribution in [2.45, 2.75) is 11.8 Å². The molecule has 0 amide bonds. The minimum absolute atomic E-state index is 0.0367. The smallest absolute Gasteiger partial charge is 0.253 e. The van der Waals surface area contributed by atoms with Crippen LogP contribution in [0.2, 0.25) is 5.02 Å². The summed E-state index contributed by atoms with van der Waals surface area (Å²) in [4.78, 5) is 3.49. The Balaban J connectivity index is 3.38. The molecule has 0 N–H and O–H groups in total. The molecule has 0 fully saturated rings. The highest BCUT2D eigenvalue weighted by Crippen LogP contribution is 2.30. The fraction of sp³-hybridized carbons (Fsp3) is 0.250. The van der Waals surface area contributed by atoms with E-state index in [1.54, 1.807) is 6.07 Å². The van der Waals surface area contributed by atoms with Gasteiger partial charge in [0, 0.05) is 17.1 Å². The van der Waals surface area contributed by atoms with Crippen LogP contribution in [0.4, 0.5) is 8.78 Å². The van der Waals surface area contributed by atoms with Gasteiger partial charge in [0.25, 0.3) is 6.43 Å². The first-order chi connectivity index (χ1) is 6.61. The number of halogens is 4. The molecule has 1 aromatic heterocycles. The zero-order valence-electron chi connectivity index (χ0n) is 6.77. The van der Waals surface area contributed by atoms with Crippen molar-refractivity contribution in [3.63, 3.8) is 0 Å². The number of rotatable bonds is 2. The first-order valence-corrected chi connectivity index (χ1v) is 5.03. The number of nitrogens with zero attached hydrogens (tertiary/aromatic N) is 2. The van der Waals surface area contributed by atoms with Gasteiger partial charge in [0.05, 0.1) is 10.6 Å². The maximum absolute atomic E-state index is 12.4. The lowest BCUT2D eigenvalue weighted by molar-refractivity contribution is 0.145. The number of pyridine rings is 1. The van der Waals surface area contributed by atoms with Crippen molar-refractivity contribution in [1.82, 2.24) is 4.98 Å². The Bertz CT molecular complexity index is 390. The molecule has 6 heteroatoms. The first-order valence-electron chi connectivity index (χ1n) is 3.53. The molecule has 0 radical (unpaired) electrons. The normalized spacial score (nSPS) is 10.3. The number of aromatic nitrogens is 1. The molecule has 1 heterocycles. The molecule has 0 atom stereocenters. The van der Waals surface area contributed by atoms with E-state index in [2.05, 4.69) is 20.9 Å². The van der Waals surface area contributed by atoms with Crippen molar-refractivity contribution in [3.05, 3.63) is 28.0 Å². The Hall–Kier alpha value is -0.730. The van der Waals surface area contributed by atoms with Gasteiger partial charge in [-0.15, -0.1) is 0 Å². The molecule has 0 unspecified atom stereocenters. The van der Waals surface area contributed by atoms with Gasteiger partial charge < -0.3 is 0 Å². The Kier molecular flexibility index (Phi) is 3.78. The molecule has 74 valence electrons. The van der Waals surface area contributed by atoms with Gasteiger partial charge in [-0.3, -0.25) is 4.98 Å². The summed E-state index contributed by atoms with van der Waals surface area (Å²) in [5, 5.41) is 8.77. The van der Waals surface area contributed by atoms with E-state index >= 15 is 0 Å². The quantitative estimate of drug-likeness (QED) is 0.779. The van der Waals surface area contributed by atoms with Crippen molar-refractivity contribution in [3.8, 4) is 6.07 Å². The summed E-state index contributed by atoms with van der Waals surface area (Å²) in [5.41, 5.74) is -0.114. The molecule has 0 aliphatic heterocycles. The van der Waals surface area contributed by atoms with Crippen LogP contribution in [0.1, 0.15) is 23.2 Å². The average Bonchev–Trinajstić information content (AvgIpc) is 2.17. The van der Waals surface area contributed by atoms with E-state index in [1.807, 2.05) is 0 Å². The number of alkyl halides is 3. The molecule has 14 heavy (non-hydrogen) atoms. The summed E-state index contributed by atoms with van der Waals surface area (Å²) >= 11 is 8.76. The first kappa shape index (κ1) is 11.3. The average molecular weight is 281 g/mol. The van der Waals surface area contributed by atoms with Gasteiger partial charge in [-0.1, -0.05) is 27.5 Å². The summed E-state index contributed by atoms with van der Waals surface area (Å²) in [6, 6.07) is 1.78. The minimum atomic E-state index is -2.69. The van der Waals surface area contributed by atoms with Crippen LogP contribution >= 0.6 is 27.5 Å². The number of hydrogen-bond donors (Lipinski definition) is 0. The predicted octanol–water partition coefficient (Wildman–Crippen LogP) is 3.44. The molecule has 0 saturated carbocycles. The van der Waals surface area contributed by atoms with Gasteiger partial charge in [0.15, 0.2) is 0 Å². The second-order valence-electron chi connectivity index (χ2n) is 2.40. The summed E-state index contributed by atoms with van der Waals surface area (Å²) in [5.74, 6) is 0. The third kappa shape index (κ3) is 2.02. The summed E-state index contributed by atoms with van der Waals surface area (Å²) in [6.07, 6.45) is -1.64. The van der Waals surface area contributed by atoms with E-state index in [0.29, 0.717) is 0 Å². The Morgan fingerprint density at radius 3 is 2.71 bits per heavy atom. The fourth-order valence-corrected chi connectivity index (χ4v) is 1.92. The van der Waals surface area contributed by atoms with Gasteiger partial charge in [0.2, 0.25) is 0 Å². The molecule has 1 aromatic rings. The van der Waals surface area contributed by atoms with Gasteiger partial charge in [-0.25, -0.2) is 8.78 Å². The van der Waals surface area contributed by atoms with Crippen molar-refractivity contribution in [2.24, 2.45) is 0 Å². The second kappa shape index (κ2) is 4.67. The Morgan fingerprint density at radius 1 is 1.64 bits per heavy atom. The molecule has 0 aliphatic rings. The van der Waals surface area contributed by atoms with Gasteiger partial charge in [0.1, 0.15) is 11.8 Å². The molecule has 2 nitrogen and oxygen atoms in total. The SMILES string of the molecule is N#Cc1cnc(C(F)F)c(CBr)c1Cl. The molecular weight excluding hydrogens is 277 g/mol. The zero-order chi connectivity index (χ0) is 10.7. The van der Waals surface area contributed by atoms with Crippen molar-refractivity contribution in [1.29, 1.82) is 5.26 Å². The lowest BCUT2D eigenvalue weighted by atomic mass is 10.1. The van der Waals surface area contributed by atoms with E-state index in [4.69, 9.17) is 16.9 Å². The zero-order valence-corrected chi connectivity index (χ0v) is 9.11. The summed E-state index contributed by atoms with van der Waals surface area (Å²) in [6.45, 7) is 0. The number of nitriles is 1. The molecule has 1 rings (SSSR count). The van der Waals surface area contributed by atoms with Crippen LogP contribution in [0.3, 0.4) is 0 Å². The second-order valence-corrected chi connectivity index (χ2v) is 3.33. The Morgan fingerprint density at radius 2 is 2.29 bits per heavy atom. The maximum Gasteiger partial charge on any atom is 0.280 e. The van der Waals surface area contributed by atoms with Crippen LogP contribution < -0.4 is 0 Å². The van der Waals surface area contributed by atoms with Crippen LogP contribution in [0.25, 0.3) is 0 Å². The maximum atomic E-state index is 12.4. The van der Waals surface area contributed by atoms with Gasteiger partial charge >= 0.3 is 0 Å². The van der Waals surface area contributed by atoms with Crippen molar-refractivity contribution < 1.29 is 8.78 Å². The third-order valence-electron chi connectivity index (χ3n) is 1.60. The summed E-state index contributed by atoms with van der Waals surface area (Å²) < 4.78 is 24.8. The van der Waals surface area contributed by atoms with Crippen LogP contribution in [0, 0.1) is 11.3 Å². The molecule has 0 bridgehead atoms. The van der Waals surface area contributed by atoms with Crippen LogP contribution in [0.15, 0.2) is 6.20 Å². The lowest BCUT2D eigenvalue weighted by Gasteiger charge is -2.07. The highest BCUT2D eigenvalue weighted by Gasteiger charge is 2.18. The van der Waals surface area contributed by atoms with Crippen molar-refractivity contribution >= 4 is 27.5 Å². The molecule has 0 aromatic carbocycles. The van der Waals surface area contributed by atoms with E-state index in [0.717, 1.165) is 6.20 Å². The lowest BCUT2D eigenvalue weighted by Crippen LogP contribution is -1.99. The fourth-order valence-electron chi connectivity index (χ4n) is 0.937. The predicted molar refractivity (Wildman–Crippen MR) is 51.6 cm³/mol. The molecular formula is C8H4BrClF2N2. The largest absolute Gasteiger partial charge is 0.280 e. The molecule has 0 spiro atoms.